The summed E-state index contributed by atoms with van der Waals surface area (Å²) in [5.74, 6) is -0.346. The summed E-state index contributed by atoms with van der Waals surface area (Å²) >= 11 is 0. The Kier molecular flexibility index (Phi) is 8.12. The van der Waals surface area contributed by atoms with Crippen molar-refractivity contribution in [1.82, 2.24) is 5.32 Å². The van der Waals surface area contributed by atoms with Crippen molar-refractivity contribution in [3.8, 4) is 0 Å². The van der Waals surface area contributed by atoms with E-state index in [1.807, 2.05) is 20.8 Å². The van der Waals surface area contributed by atoms with Crippen molar-refractivity contribution >= 4 is 5.91 Å². The Morgan fingerprint density at radius 2 is 2.00 bits per heavy atom. The Hall–Kier alpha value is -0.650. The molecule has 0 aromatic rings. The van der Waals surface area contributed by atoms with Crippen LogP contribution in [0.15, 0.2) is 0 Å². The largest absolute Gasteiger partial charge is 0.379 e. The molecule has 0 saturated heterocycles. The number of hydrogen-bond acceptors (Lipinski definition) is 4. The van der Waals surface area contributed by atoms with Crippen molar-refractivity contribution in [3.63, 3.8) is 0 Å². The van der Waals surface area contributed by atoms with E-state index in [9.17, 15) is 4.79 Å². The fourth-order valence-electron chi connectivity index (χ4n) is 1.41. The first-order chi connectivity index (χ1) is 7.92. The summed E-state index contributed by atoms with van der Waals surface area (Å²) in [6.07, 6.45) is 0.786. The first-order valence-electron chi connectivity index (χ1n) is 6.16. The van der Waals surface area contributed by atoms with Crippen LogP contribution in [0, 0.1) is 0 Å². The number of primary amides is 1. The highest BCUT2D eigenvalue weighted by Gasteiger charge is 2.29. The Morgan fingerprint density at radius 3 is 2.47 bits per heavy atom. The van der Waals surface area contributed by atoms with Crippen LogP contribution in [0.1, 0.15) is 34.1 Å². The number of rotatable bonds is 10. The van der Waals surface area contributed by atoms with E-state index < -0.39 is 5.54 Å². The van der Waals surface area contributed by atoms with Gasteiger partial charge in [0.2, 0.25) is 5.91 Å². The highest BCUT2D eigenvalue weighted by Crippen LogP contribution is 2.08. The minimum Gasteiger partial charge on any atom is -0.379 e. The summed E-state index contributed by atoms with van der Waals surface area (Å²) in [4.78, 5) is 11.3. The summed E-state index contributed by atoms with van der Waals surface area (Å²) in [7, 11) is 0. The molecule has 1 unspecified atom stereocenters. The molecule has 0 fully saturated rings. The number of nitrogens with one attached hydrogen (secondary N) is 1. The topological polar surface area (TPSA) is 73.6 Å². The van der Waals surface area contributed by atoms with Gasteiger partial charge in [-0.2, -0.15) is 0 Å². The zero-order valence-corrected chi connectivity index (χ0v) is 11.4. The van der Waals surface area contributed by atoms with E-state index in [0.717, 1.165) is 0 Å². The third kappa shape index (κ3) is 7.31. The van der Waals surface area contributed by atoms with Crippen molar-refractivity contribution in [1.29, 1.82) is 0 Å². The Morgan fingerprint density at radius 1 is 1.35 bits per heavy atom. The quantitative estimate of drug-likeness (QED) is 0.556. The molecule has 1 atom stereocenters. The van der Waals surface area contributed by atoms with Gasteiger partial charge in [-0.15, -0.1) is 0 Å². The van der Waals surface area contributed by atoms with Gasteiger partial charge in [0.15, 0.2) is 0 Å². The van der Waals surface area contributed by atoms with Crippen molar-refractivity contribution in [2.45, 2.75) is 45.8 Å². The van der Waals surface area contributed by atoms with E-state index in [1.54, 1.807) is 6.92 Å². The van der Waals surface area contributed by atoms with Crippen LogP contribution < -0.4 is 11.1 Å². The fraction of sp³-hybridized carbons (Fsp3) is 0.917. The van der Waals surface area contributed by atoms with Crippen LogP contribution >= 0.6 is 0 Å². The molecule has 0 aliphatic rings. The third-order valence-corrected chi connectivity index (χ3v) is 2.54. The predicted octanol–water partition coefficient (Wildman–Crippen LogP) is 0.672. The lowest BCUT2D eigenvalue weighted by atomic mass is 9.97. The van der Waals surface area contributed by atoms with Crippen molar-refractivity contribution < 1.29 is 14.3 Å². The second-order valence-corrected chi connectivity index (χ2v) is 4.51. The van der Waals surface area contributed by atoms with E-state index in [2.05, 4.69) is 5.32 Å². The molecule has 0 aromatic heterocycles. The average Bonchev–Trinajstić information content (AvgIpc) is 2.23. The van der Waals surface area contributed by atoms with Crippen molar-refractivity contribution in [2.24, 2.45) is 5.73 Å². The second-order valence-electron chi connectivity index (χ2n) is 4.51. The molecule has 1 amide bonds. The van der Waals surface area contributed by atoms with Gasteiger partial charge < -0.3 is 20.5 Å². The van der Waals surface area contributed by atoms with Gasteiger partial charge in [0.1, 0.15) is 0 Å². The van der Waals surface area contributed by atoms with Gasteiger partial charge in [-0.05, 0) is 33.7 Å². The molecule has 3 N–H and O–H groups in total. The normalized spacial score (nSPS) is 14.9. The predicted molar refractivity (Wildman–Crippen MR) is 67.8 cm³/mol. The average molecular weight is 246 g/mol. The highest BCUT2D eigenvalue weighted by atomic mass is 16.5. The zero-order valence-electron chi connectivity index (χ0n) is 11.4. The van der Waals surface area contributed by atoms with Gasteiger partial charge in [-0.3, -0.25) is 4.79 Å². The molecule has 102 valence electrons. The molecule has 17 heavy (non-hydrogen) atoms. The molecule has 0 saturated carbocycles. The lowest BCUT2D eigenvalue weighted by Gasteiger charge is -2.26. The molecule has 0 heterocycles. The summed E-state index contributed by atoms with van der Waals surface area (Å²) in [6, 6.07) is 0. The lowest BCUT2D eigenvalue weighted by Crippen LogP contribution is -2.53. The molecule has 5 nitrogen and oxygen atoms in total. The number of carbonyl (C=O) groups excluding carboxylic acids is 1. The molecule has 0 aromatic carbocycles. The Bertz CT molecular complexity index is 222. The summed E-state index contributed by atoms with van der Waals surface area (Å²) in [6.45, 7) is 10.0. The lowest BCUT2D eigenvalue weighted by molar-refractivity contribution is -0.124. The molecular formula is C12H26N2O3. The van der Waals surface area contributed by atoms with Gasteiger partial charge in [-0.1, -0.05) is 6.92 Å². The van der Waals surface area contributed by atoms with Crippen LogP contribution in [-0.2, 0) is 14.3 Å². The SMILES string of the molecule is CCNC(C)(CCOCCOC(C)C)C(N)=O. The van der Waals surface area contributed by atoms with Crippen LogP contribution in [-0.4, -0.2) is 43.9 Å². The maximum atomic E-state index is 11.3. The van der Waals surface area contributed by atoms with Gasteiger partial charge in [0.05, 0.1) is 24.9 Å². The highest BCUT2D eigenvalue weighted by molar-refractivity contribution is 5.84. The number of amides is 1. The van der Waals surface area contributed by atoms with Crippen molar-refractivity contribution in [3.05, 3.63) is 0 Å². The summed E-state index contributed by atoms with van der Waals surface area (Å²) in [5.41, 5.74) is 4.67. The number of nitrogens with two attached hydrogens (primary N) is 1. The van der Waals surface area contributed by atoms with Crippen LogP contribution in [0.5, 0.6) is 0 Å². The number of ether oxygens (including phenoxy) is 2. The van der Waals surface area contributed by atoms with E-state index in [0.29, 0.717) is 32.8 Å². The van der Waals surface area contributed by atoms with E-state index in [-0.39, 0.29) is 12.0 Å². The third-order valence-electron chi connectivity index (χ3n) is 2.54. The number of likely N-dealkylation sites (N-methyl/N-ethyl adjacent to an activating group) is 1. The minimum absolute atomic E-state index is 0.219. The molecule has 0 aliphatic carbocycles. The van der Waals surface area contributed by atoms with Crippen LogP contribution in [0.25, 0.3) is 0 Å². The van der Waals surface area contributed by atoms with Crippen LogP contribution in [0.4, 0.5) is 0 Å². The Balaban J connectivity index is 3.73. The first kappa shape index (κ1) is 16.4. The minimum atomic E-state index is -0.687. The molecule has 0 spiro atoms. The molecule has 0 radical (unpaired) electrons. The van der Waals surface area contributed by atoms with Crippen LogP contribution in [0.2, 0.25) is 0 Å². The summed E-state index contributed by atoms with van der Waals surface area (Å²) in [5, 5.41) is 3.08. The van der Waals surface area contributed by atoms with E-state index in [1.165, 1.54) is 0 Å². The van der Waals surface area contributed by atoms with E-state index in [4.69, 9.17) is 15.2 Å². The maximum Gasteiger partial charge on any atom is 0.237 e. The van der Waals surface area contributed by atoms with E-state index >= 15 is 0 Å². The van der Waals surface area contributed by atoms with Gasteiger partial charge >= 0.3 is 0 Å². The van der Waals surface area contributed by atoms with Crippen LogP contribution in [0.3, 0.4) is 0 Å². The van der Waals surface area contributed by atoms with Gasteiger partial charge in [0, 0.05) is 6.61 Å². The Labute approximate surface area is 104 Å². The standard InChI is InChI=1S/C12H26N2O3/c1-5-14-12(4,11(13)15)6-7-16-8-9-17-10(2)3/h10,14H,5-9H2,1-4H3,(H2,13,15). The van der Waals surface area contributed by atoms with Crippen molar-refractivity contribution in [2.75, 3.05) is 26.4 Å². The smallest absolute Gasteiger partial charge is 0.237 e. The monoisotopic (exact) mass is 246 g/mol. The first-order valence-corrected chi connectivity index (χ1v) is 6.16. The summed E-state index contributed by atoms with van der Waals surface area (Å²) < 4.78 is 10.7. The molecule has 0 rings (SSSR count). The number of hydrogen-bond donors (Lipinski definition) is 2. The molecule has 0 bridgehead atoms. The maximum absolute atomic E-state index is 11.3. The molecular weight excluding hydrogens is 220 g/mol. The molecule has 5 heteroatoms. The molecule has 0 aliphatic heterocycles. The van der Waals surface area contributed by atoms with Gasteiger partial charge in [0.25, 0.3) is 0 Å². The second kappa shape index (κ2) is 8.44. The fourth-order valence-corrected chi connectivity index (χ4v) is 1.41. The number of carbonyl (C=O) groups is 1. The van der Waals surface area contributed by atoms with Gasteiger partial charge in [-0.25, -0.2) is 0 Å². The zero-order chi connectivity index (χ0) is 13.3.